The number of piperidine rings is 1. The number of amides is 2. The van der Waals surface area contributed by atoms with Crippen molar-refractivity contribution in [1.82, 2.24) is 15.1 Å². The highest BCUT2D eigenvalue weighted by Gasteiger charge is 2.28. The predicted molar refractivity (Wildman–Crippen MR) is 115 cm³/mol. The van der Waals surface area contributed by atoms with Crippen LogP contribution < -0.4 is 10.1 Å². The van der Waals surface area contributed by atoms with Crippen LogP contribution in [0.1, 0.15) is 43.9 Å². The van der Waals surface area contributed by atoms with Gasteiger partial charge in [0.1, 0.15) is 10.8 Å². The van der Waals surface area contributed by atoms with E-state index in [2.05, 4.69) is 15.5 Å². The molecule has 1 aliphatic heterocycles. The van der Waals surface area contributed by atoms with Crippen LogP contribution in [0.25, 0.3) is 0 Å². The Morgan fingerprint density at radius 3 is 2.77 bits per heavy atom. The molecule has 8 heteroatoms. The summed E-state index contributed by atoms with van der Waals surface area (Å²) in [5, 5.41) is 12.3. The number of hydrogen-bond donors (Lipinski definition) is 1. The zero-order valence-corrected chi connectivity index (χ0v) is 17.4. The molecule has 0 aliphatic carbocycles. The second-order valence-electron chi connectivity index (χ2n) is 7.09. The molecule has 1 aliphatic rings. The Labute approximate surface area is 178 Å². The van der Waals surface area contributed by atoms with Gasteiger partial charge in [-0.3, -0.25) is 9.59 Å². The lowest BCUT2D eigenvalue weighted by Crippen LogP contribution is -2.39. The van der Waals surface area contributed by atoms with E-state index in [-0.39, 0.29) is 17.7 Å². The first-order valence-corrected chi connectivity index (χ1v) is 10.6. The van der Waals surface area contributed by atoms with Gasteiger partial charge in [-0.1, -0.05) is 35.6 Å². The summed E-state index contributed by atoms with van der Waals surface area (Å²) < 4.78 is 5.23. The topological polar surface area (TPSA) is 84.4 Å². The number of aromatic nitrogens is 2. The molecular weight excluding hydrogens is 400 g/mol. The van der Waals surface area contributed by atoms with Gasteiger partial charge in [-0.15, -0.1) is 10.2 Å². The number of carbonyl (C=O) groups excluding carboxylic acids is 2. The van der Waals surface area contributed by atoms with Crippen LogP contribution in [0.4, 0.5) is 5.69 Å². The van der Waals surface area contributed by atoms with E-state index in [9.17, 15) is 9.59 Å². The minimum absolute atomic E-state index is 0.0230. The molecular formula is C22H22N4O3S. The van der Waals surface area contributed by atoms with Crippen LogP contribution in [0.3, 0.4) is 0 Å². The van der Waals surface area contributed by atoms with E-state index in [0.717, 1.165) is 17.8 Å². The number of likely N-dealkylation sites (tertiary alicyclic amines) is 1. The molecule has 154 valence electrons. The number of nitrogens with zero attached hydrogens (tertiary/aromatic N) is 3. The second-order valence-corrected chi connectivity index (χ2v) is 8.10. The Hall–Kier alpha value is -3.26. The molecule has 3 aromatic rings. The number of anilines is 1. The number of methoxy groups -OCH3 is 1. The number of rotatable bonds is 5. The lowest BCUT2D eigenvalue weighted by molar-refractivity contribution is 0.0706. The fraction of sp³-hybridized carbons (Fsp3) is 0.273. The minimum Gasteiger partial charge on any atom is -0.497 e. The Kier molecular flexibility index (Phi) is 6.04. The van der Waals surface area contributed by atoms with E-state index in [1.165, 1.54) is 11.3 Å². The Balaban J connectivity index is 1.43. The van der Waals surface area contributed by atoms with Gasteiger partial charge in [0.25, 0.3) is 11.8 Å². The van der Waals surface area contributed by atoms with E-state index in [4.69, 9.17) is 4.74 Å². The maximum atomic E-state index is 12.9. The second kappa shape index (κ2) is 9.04. The number of para-hydroxylation sites is 1. The normalized spacial score (nSPS) is 16.2. The highest BCUT2D eigenvalue weighted by atomic mass is 32.1. The van der Waals surface area contributed by atoms with E-state index in [1.54, 1.807) is 19.2 Å². The van der Waals surface area contributed by atoms with Gasteiger partial charge in [-0.05, 0) is 43.2 Å². The van der Waals surface area contributed by atoms with E-state index in [1.807, 2.05) is 47.4 Å². The van der Waals surface area contributed by atoms with Crippen molar-refractivity contribution in [2.24, 2.45) is 0 Å². The summed E-state index contributed by atoms with van der Waals surface area (Å²) in [6, 6.07) is 16.4. The van der Waals surface area contributed by atoms with Crippen LogP contribution >= 0.6 is 11.3 Å². The summed E-state index contributed by atoms with van der Waals surface area (Å²) in [7, 11) is 1.58. The fourth-order valence-electron chi connectivity index (χ4n) is 3.50. The number of hydrogen-bond acceptors (Lipinski definition) is 6. The molecule has 1 aromatic heterocycles. The maximum absolute atomic E-state index is 12.9. The van der Waals surface area contributed by atoms with Crippen molar-refractivity contribution in [3.63, 3.8) is 0 Å². The minimum atomic E-state index is -0.273. The highest BCUT2D eigenvalue weighted by Crippen LogP contribution is 2.30. The van der Waals surface area contributed by atoms with Crippen LogP contribution in [0.2, 0.25) is 0 Å². The van der Waals surface area contributed by atoms with Gasteiger partial charge in [0.2, 0.25) is 5.01 Å². The Morgan fingerprint density at radius 2 is 1.97 bits per heavy atom. The van der Waals surface area contributed by atoms with Gasteiger partial charge in [0, 0.05) is 30.3 Å². The molecule has 30 heavy (non-hydrogen) atoms. The fourth-order valence-corrected chi connectivity index (χ4v) is 4.36. The van der Waals surface area contributed by atoms with Gasteiger partial charge in [0.15, 0.2) is 0 Å². The summed E-state index contributed by atoms with van der Waals surface area (Å²) in [4.78, 5) is 27.2. The predicted octanol–water partition coefficient (Wildman–Crippen LogP) is 3.82. The maximum Gasteiger partial charge on any atom is 0.286 e. The molecule has 4 rings (SSSR count). The molecule has 1 saturated heterocycles. The lowest BCUT2D eigenvalue weighted by Gasteiger charge is -2.31. The van der Waals surface area contributed by atoms with Crippen molar-refractivity contribution in [2.45, 2.75) is 18.8 Å². The largest absolute Gasteiger partial charge is 0.497 e. The molecule has 1 atom stereocenters. The number of ether oxygens (including phenoxy) is 1. The molecule has 0 saturated carbocycles. The summed E-state index contributed by atoms with van der Waals surface area (Å²) in [5.41, 5.74) is 1.32. The van der Waals surface area contributed by atoms with Crippen molar-refractivity contribution in [2.75, 3.05) is 25.5 Å². The molecule has 0 bridgehead atoms. The van der Waals surface area contributed by atoms with Gasteiger partial charge in [-0.2, -0.15) is 0 Å². The van der Waals surface area contributed by atoms with E-state index >= 15 is 0 Å². The highest BCUT2D eigenvalue weighted by molar-refractivity contribution is 7.13. The van der Waals surface area contributed by atoms with Gasteiger partial charge < -0.3 is 15.0 Å². The quantitative estimate of drug-likeness (QED) is 0.676. The molecule has 2 heterocycles. The monoisotopic (exact) mass is 422 g/mol. The molecule has 2 aromatic carbocycles. The first-order chi connectivity index (χ1) is 14.6. The Morgan fingerprint density at radius 1 is 1.13 bits per heavy atom. The first kappa shape index (κ1) is 20.0. The third kappa shape index (κ3) is 4.49. The molecule has 2 amide bonds. The van der Waals surface area contributed by atoms with Crippen molar-refractivity contribution < 1.29 is 14.3 Å². The van der Waals surface area contributed by atoms with Gasteiger partial charge in [0.05, 0.1) is 7.11 Å². The lowest BCUT2D eigenvalue weighted by atomic mass is 9.98. The van der Waals surface area contributed by atoms with Crippen molar-refractivity contribution in [3.05, 3.63) is 70.2 Å². The summed E-state index contributed by atoms with van der Waals surface area (Å²) in [5.74, 6) is 0.437. The summed E-state index contributed by atoms with van der Waals surface area (Å²) >= 11 is 1.29. The third-order valence-electron chi connectivity index (χ3n) is 5.04. The SMILES string of the molecule is COc1cccc(C(=O)N2CCCC(c3nnc(C(=O)Nc4ccccc4)s3)C2)c1. The van der Waals surface area contributed by atoms with Crippen LogP contribution in [0, 0.1) is 0 Å². The van der Waals surface area contributed by atoms with Gasteiger partial charge in [-0.25, -0.2) is 0 Å². The average Bonchev–Trinajstić information content (AvgIpc) is 3.30. The third-order valence-corrected chi connectivity index (χ3v) is 6.13. The van der Waals surface area contributed by atoms with Crippen LogP contribution in [-0.2, 0) is 0 Å². The van der Waals surface area contributed by atoms with Crippen molar-refractivity contribution in [3.8, 4) is 5.75 Å². The standard InChI is InChI=1S/C22H22N4O3S/c1-29-18-11-5-7-15(13-18)22(28)26-12-6-8-16(14-26)20-24-25-21(30-20)19(27)23-17-9-3-2-4-10-17/h2-5,7,9-11,13,16H,6,8,12,14H2,1H3,(H,23,27). The van der Waals surface area contributed by atoms with Crippen molar-refractivity contribution >= 4 is 28.8 Å². The smallest absolute Gasteiger partial charge is 0.286 e. The molecule has 0 radical (unpaired) electrons. The molecule has 0 spiro atoms. The Bertz CT molecular complexity index is 1040. The zero-order valence-electron chi connectivity index (χ0n) is 16.6. The average molecular weight is 423 g/mol. The zero-order chi connectivity index (χ0) is 20.9. The first-order valence-electron chi connectivity index (χ1n) is 9.77. The van der Waals surface area contributed by atoms with Crippen LogP contribution in [0.5, 0.6) is 5.75 Å². The van der Waals surface area contributed by atoms with Crippen molar-refractivity contribution in [1.29, 1.82) is 0 Å². The number of carbonyl (C=O) groups is 2. The summed E-state index contributed by atoms with van der Waals surface area (Å²) in [6.45, 7) is 1.26. The van der Waals surface area contributed by atoms with E-state index in [0.29, 0.717) is 35.1 Å². The van der Waals surface area contributed by atoms with E-state index < -0.39 is 0 Å². The number of nitrogens with one attached hydrogen (secondary N) is 1. The van der Waals surface area contributed by atoms with Crippen LogP contribution in [0.15, 0.2) is 54.6 Å². The molecule has 1 fully saturated rings. The molecule has 1 N–H and O–H groups in total. The van der Waals surface area contributed by atoms with Gasteiger partial charge >= 0.3 is 0 Å². The van der Waals surface area contributed by atoms with Crippen LogP contribution in [-0.4, -0.2) is 47.1 Å². The molecule has 7 nitrogen and oxygen atoms in total. The summed E-state index contributed by atoms with van der Waals surface area (Å²) in [6.07, 6.45) is 1.79. The number of benzene rings is 2. The molecule has 1 unspecified atom stereocenters.